The van der Waals surface area contributed by atoms with E-state index >= 15 is 0 Å². The van der Waals surface area contributed by atoms with E-state index in [9.17, 15) is 4.79 Å². The maximum Gasteiger partial charge on any atom is 0.223 e. The molecule has 1 aromatic carbocycles. The number of hydrogen-bond acceptors (Lipinski definition) is 2. The summed E-state index contributed by atoms with van der Waals surface area (Å²) in [6.07, 6.45) is 0.969. The summed E-state index contributed by atoms with van der Waals surface area (Å²) in [7, 11) is 1.72. The maximum absolute atomic E-state index is 11.7. The largest absolute Gasteiger partial charge is 0.385 e. The lowest BCUT2D eigenvalue weighted by Crippen LogP contribution is -2.27. The van der Waals surface area contributed by atoms with E-state index in [1.54, 1.807) is 14.0 Å². The molecule has 1 aromatic rings. The van der Waals surface area contributed by atoms with Crippen molar-refractivity contribution in [3.63, 3.8) is 0 Å². The number of anilines is 1. The summed E-state index contributed by atoms with van der Waals surface area (Å²) in [5.41, 5.74) is 4.92. The molecule has 3 nitrogen and oxygen atoms in total. The fraction of sp³-hybridized carbons (Fsp3) is 0.533. The Bertz CT molecular complexity index is 468. The molecule has 2 rings (SSSR count). The molecular weight excluding hydrogens is 226 g/mol. The minimum atomic E-state index is 0.126. The van der Waals surface area contributed by atoms with Gasteiger partial charge in [-0.05, 0) is 43.0 Å². The first-order valence-electron chi connectivity index (χ1n) is 6.42. The molecule has 0 radical (unpaired) electrons. The van der Waals surface area contributed by atoms with Gasteiger partial charge < -0.3 is 9.64 Å². The standard InChI is InChI=1S/C15H21NO2/c1-10-7-11(2)15-13(5-6-18-4)9-16(12(3)17)14(15)8-10/h7-8,13H,5-6,9H2,1-4H3. The zero-order valence-corrected chi connectivity index (χ0v) is 11.6. The van der Waals surface area contributed by atoms with Gasteiger partial charge in [0.05, 0.1) is 0 Å². The van der Waals surface area contributed by atoms with Crippen LogP contribution >= 0.6 is 0 Å². The van der Waals surface area contributed by atoms with E-state index in [0.29, 0.717) is 5.92 Å². The van der Waals surface area contributed by atoms with Gasteiger partial charge in [0, 0.05) is 38.8 Å². The number of carbonyl (C=O) groups excluding carboxylic acids is 1. The maximum atomic E-state index is 11.7. The second-order valence-electron chi connectivity index (χ2n) is 5.12. The molecule has 0 spiro atoms. The molecule has 1 atom stereocenters. The van der Waals surface area contributed by atoms with Crippen LogP contribution in [0, 0.1) is 13.8 Å². The number of aryl methyl sites for hydroxylation is 2. The normalized spacial score (nSPS) is 18.0. The molecule has 0 N–H and O–H groups in total. The van der Waals surface area contributed by atoms with Gasteiger partial charge >= 0.3 is 0 Å². The Hall–Kier alpha value is -1.35. The van der Waals surface area contributed by atoms with Crippen LogP contribution in [-0.2, 0) is 9.53 Å². The molecule has 0 saturated heterocycles. The van der Waals surface area contributed by atoms with Crippen molar-refractivity contribution in [2.24, 2.45) is 0 Å². The Morgan fingerprint density at radius 3 is 2.78 bits per heavy atom. The fourth-order valence-electron chi connectivity index (χ4n) is 2.91. The minimum absolute atomic E-state index is 0.126. The van der Waals surface area contributed by atoms with Gasteiger partial charge in [-0.1, -0.05) is 6.07 Å². The number of hydrogen-bond donors (Lipinski definition) is 0. The van der Waals surface area contributed by atoms with E-state index in [4.69, 9.17) is 4.74 Å². The number of fused-ring (bicyclic) bond motifs is 1. The van der Waals surface area contributed by atoms with Crippen LogP contribution in [0.5, 0.6) is 0 Å². The topological polar surface area (TPSA) is 29.5 Å². The van der Waals surface area contributed by atoms with Gasteiger partial charge in [-0.2, -0.15) is 0 Å². The van der Waals surface area contributed by atoms with Gasteiger partial charge in [-0.25, -0.2) is 0 Å². The van der Waals surface area contributed by atoms with Gasteiger partial charge in [-0.3, -0.25) is 4.79 Å². The SMILES string of the molecule is COCCC1CN(C(C)=O)c2cc(C)cc(C)c21. The average Bonchev–Trinajstić information content (AvgIpc) is 2.65. The van der Waals surface area contributed by atoms with Crippen molar-refractivity contribution in [2.45, 2.75) is 33.1 Å². The molecule has 3 heteroatoms. The Balaban J connectivity index is 2.41. The highest BCUT2D eigenvalue weighted by molar-refractivity contribution is 5.94. The van der Waals surface area contributed by atoms with E-state index in [-0.39, 0.29) is 5.91 Å². The van der Waals surface area contributed by atoms with Crippen LogP contribution in [0.15, 0.2) is 12.1 Å². The first-order chi connectivity index (χ1) is 8.54. The third-order valence-corrected chi connectivity index (χ3v) is 3.66. The number of nitrogens with zero attached hydrogens (tertiary/aromatic N) is 1. The molecule has 0 fully saturated rings. The molecule has 0 aliphatic carbocycles. The highest BCUT2D eigenvalue weighted by Gasteiger charge is 2.31. The predicted octanol–water partition coefficient (Wildman–Crippen LogP) is 2.79. The van der Waals surface area contributed by atoms with Gasteiger partial charge in [-0.15, -0.1) is 0 Å². The van der Waals surface area contributed by atoms with E-state index in [2.05, 4.69) is 26.0 Å². The smallest absolute Gasteiger partial charge is 0.223 e. The molecule has 1 amide bonds. The van der Waals surface area contributed by atoms with Crippen molar-refractivity contribution in [2.75, 3.05) is 25.2 Å². The molecule has 0 bridgehead atoms. The van der Waals surface area contributed by atoms with Crippen molar-refractivity contribution in [1.82, 2.24) is 0 Å². The molecule has 1 aliphatic rings. The zero-order valence-electron chi connectivity index (χ0n) is 11.6. The van der Waals surface area contributed by atoms with Crippen LogP contribution in [0.25, 0.3) is 0 Å². The summed E-state index contributed by atoms with van der Waals surface area (Å²) in [5.74, 6) is 0.533. The van der Waals surface area contributed by atoms with Crippen LogP contribution in [-0.4, -0.2) is 26.2 Å². The number of amides is 1. The number of methoxy groups -OCH3 is 1. The van der Waals surface area contributed by atoms with Crippen LogP contribution in [0.1, 0.15) is 36.0 Å². The van der Waals surface area contributed by atoms with Gasteiger partial charge in [0.15, 0.2) is 0 Å². The summed E-state index contributed by atoms with van der Waals surface area (Å²) >= 11 is 0. The summed E-state index contributed by atoms with van der Waals surface area (Å²) < 4.78 is 5.17. The van der Waals surface area contributed by atoms with Gasteiger partial charge in [0.1, 0.15) is 0 Å². The number of carbonyl (C=O) groups is 1. The molecular formula is C15H21NO2. The lowest BCUT2D eigenvalue weighted by Gasteiger charge is -2.15. The van der Waals surface area contributed by atoms with E-state index in [0.717, 1.165) is 25.3 Å². The molecule has 0 aromatic heterocycles. The molecule has 1 heterocycles. The molecule has 98 valence electrons. The minimum Gasteiger partial charge on any atom is -0.385 e. The fourth-order valence-corrected chi connectivity index (χ4v) is 2.91. The van der Waals surface area contributed by atoms with Crippen LogP contribution in [0.2, 0.25) is 0 Å². The Morgan fingerprint density at radius 2 is 2.17 bits per heavy atom. The highest BCUT2D eigenvalue weighted by Crippen LogP contribution is 2.40. The van der Waals surface area contributed by atoms with Crippen molar-refractivity contribution >= 4 is 11.6 Å². The lowest BCUT2D eigenvalue weighted by atomic mass is 9.93. The number of benzene rings is 1. The average molecular weight is 247 g/mol. The Kier molecular flexibility index (Phi) is 3.71. The van der Waals surface area contributed by atoms with Crippen LogP contribution in [0.4, 0.5) is 5.69 Å². The lowest BCUT2D eigenvalue weighted by molar-refractivity contribution is -0.116. The summed E-state index contributed by atoms with van der Waals surface area (Å²) in [6, 6.07) is 4.32. The van der Waals surface area contributed by atoms with Crippen molar-refractivity contribution in [3.05, 3.63) is 28.8 Å². The highest BCUT2D eigenvalue weighted by atomic mass is 16.5. The molecule has 1 aliphatic heterocycles. The van der Waals surface area contributed by atoms with Crippen LogP contribution in [0.3, 0.4) is 0 Å². The van der Waals surface area contributed by atoms with Gasteiger partial charge in [0.2, 0.25) is 5.91 Å². The predicted molar refractivity (Wildman–Crippen MR) is 73.2 cm³/mol. The van der Waals surface area contributed by atoms with Crippen molar-refractivity contribution < 1.29 is 9.53 Å². The number of rotatable bonds is 3. The zero-order chi connectivity index (χ0) is 13.3. The second-order valence-corrected chi connectivity index (χ2v) is 5.12. The monoisotopic (exact) mass is 247 g/mol. The molecule has 1 unspecified atom stereocenters. The summed E-state index contributed by atoms with van der Waals surface area (Å²) in [6.45, 7) is 7.38. The summed E-state index contributed by atoms with van der Waals surface area (Å²) in [5, 5.41) is 0. The first-order valence-corrected chi connectivity index (χ1v) is 6.42. The summed E-state index contributed by atoms with van der Waals surface area (Å²) in [4.78, 5) is 13.6. The molecule has 0 saturated carbocycles. The van der Waals surface area contributed by atoms with Crippen molar-refractivity contribution in [1.29, 1.82) is 0 Å². The third-order valence-electron chi connectivity index (χ3n) is 3.66. The van der Waals surface area contributed by atoms with E-state index in [1.807, 2.05) is 4.90 Å². The van der Waals surface area contributed by atoms with E-state index < -0.39 is 0 Å². The number of ether oxygens (including phenoxy) is 1. The Morgan fingerprint density at radius 1 is 1.44 bits per heavy atom. The first kappa shape index (κ1) is 13.1. The quantitative estimate of drug-likeness (QED) is 0.822. The Labute approximate surface area is 109 Å². The van der Waals surface area contributed by atoms with Crippen LogP contribution < -0.4 is 4.90 Å². The van der Waals surface area contributed by atoms with Crippen molar-refractivity contribution in [3.8, 4) is 0 Å². The molecule has 18 heavy (non-hydrogen) atoms. The second kappa shape index (κ2) is 5.11. The van der Waals surface area contributed by atoms with Gasteiger partial charge in [0.25, 0.3) is 0 Å². The third kappa shape index (κ3) is 2.27. The van der Waals surface area contributed by atoms with E-state index in [1.165, 1.54) is 16.7 Å².